The number of nitrogens with two attached hydrogens (primary N) is 1. The third-order valence-corrected chi connectivity index (χ3v) is 3.77. The highest BCUT2D eigenvalue weighted by Gasteiger charge is 2.61. The van der Waals surface area contributed by atoms with Crippen LogP contribution in [0.4, 0.5) is 0 Å². The molecule has 0 aromatic rings. The van der Waals surface area contributed by atoms with E-state index in [9.17, 15) is 0 Å². The molecule has 1 saturated carbocycles. The lowest BCUT2D eigenvalue weighted by Crippen LogP contribution is -2.51. The minimum Gasteiger partial charge on any atom is -0.380 e. The molecule has 0 spiro atoms. The first-order valence-corrected chi connectivity index (χ1v) is 4.68. The van der Waals surface area contributed by atoms with E-state index in [1.54, 1.807) is 0 Å². The van der Waals surface area contributed by atoms with Crippen LogP contribution in [-0.4, -0.2) is 19.8 Å². The summed E-state index contributed by atoms with van der Waals surface area (Å²) in [5.74, 6) is 5.14. The average Bonchev–Trinajstić information content (AvgIpc) is 2.69. The van der Waals surface area contributed by atoms with Crippen molar-refractivity contribution in [2.75, 3.05) is 19.8 Å². The molecule has 0 atom stereocenters. The lowest BCUT2D eigenvalue weighted by Gasteiger charge is -2.47. The lowest BCUT2D eigenvalue weighted by molar-refractivity contribution is -0.171. The third-order valence-electron chi connectivity index (χ3n) is 3.77. The standard InChI is InChI=1S/C9H17NO2/c1-2-8(5-11-6-8)9(3-4-9)7-12-10/h2-7,10H2,1H3. The fraction of sp³-hybridized carbons (Fsp3) is 1.00. The highest BCUT2D eigenvalue weighted by molar-refractivity contribution is 5.09. The summed E-state index contributed by atoms with van der Waals surface area (Å²) in [4.78, 5) is 4.80. The first-order valence-electron chi connectivity index (χ1n) is 4.68. The number of rotatable bonds is 4. The predicted octanol–water partition coefficient (Wildman–Crippen LogP) is 1.08. The Balaban J connectivity index is 2.05. The molecule has 0 aromatic heterocycles. The van der Waals surface area contributed by atoms with Gasteiger partial charge in [0.1, 0.15) is 0 Å². The SMILES string of the molecule is CCC1(C2(CON)CC2)COC1. The Morgan fingerprint density at radius 3 is 2.25 bits per heavy atom. The average molecular weight is 171 g/mol. The van der Waals surface area contributed by atoms with Crippen LogP contribution in [0.15, 0.2) is 0 Å². The van der Waals surface area contributed by atoms with Crippen molar-refractivity contribution in [3.05, 3.63) is 0 Å². The number of hydrogen-bond donors (Lipinski definition) is 1. The van der Waals surface area contributed by atoms with E-state index in [1.807, 2.05) is 0 Å². The molecule has 0 radical (unpaired) electrons. The molecule has 1 aliphatic heterocycles. The highest BCUT2D eigenvalue weighted by Crippen LogP contribution is 2.63. The molecule has 70 valence electrons. The van der Waals surface area contributed by atoms with Crippen LogP contribution >= 0.6 is 0 Å². The van der Waals surface area contributed by atoms with Gasteiger partial charge in [-0.3, -0.25) is 0 Å². The quantitative estimate of drug-likeness (QED) is 0.644. The Labute approximate surface area is 73.2 Å². The van der Waals surface area contributed by atoms with E-state index < -0.39 is 0 Å². The van der Waals surface area contributed by atoms with Crippen LogP contribution in [0.25, 0.3) is 0 Å². The summed E-state index contributed by atoms with van der Waals surface area (Å²) in [5.41, 5.74) is 0.765. The van der Waals surface area contributed by atoms with Crippen LogP contribution in [0.2, 0.25) is 0 Å². The maximum absolute atomic E-state index is 5.31. The van der Waals surface area contributed by atoms with Gasteiger partial charge in [-0.05, 0) is 19.3 Å². The van der Waals surface area contributed by atoms with Gasteiger partial charge in [-0.2, -0.15) is 0 Å². The van der Waals surface area contributed by atoms with Crippen molar-refractivity contribution in [3.63, 3.8) is 0 Å². The molecule has 3 heteroatoms. The van der Waals surface area contributed by atoms with Crippen LogP contribution in [0.5, 0.6) is 0 Å². The summed E-state index contributed by atoms with van der Waals surface area (Å²) in [6.07, 6.45) is 3.72. The molecule has 2 rings (SSSR count). The first kappa shape index (κ1) is 8.48. The summed E-state index contributed by atoms with van der Waals surface area (Å²) in [6, 6.07) is 0. The van der Waals surface area contributed by atoms with Gasteiger partial charge < -0.3 is 9.57 Å². The van der Waals surface area contributed by atoms with E-state index in [0.29, 0.717) is 17.4 Å². The maximum atomic E-state index is 5.31. The lowest BCUT2D eigenvalue weighted by atomic mass is 9.69. The van der Waals surface area contributed by atoms with Gasteiger partial charge in [-0.1, -0.05) is 6.92 Å². The normalized spacial score (nSPS) is 29.5. The van der Waals surface area contributed by atoms with Crippen LogP contribution < -0.4 is 5.90 Å². The first-order chi connectivity index (χ1) is 5.79. The fourth-order valence-electron chi connectivity index (χ4n) is 2.37. The van der Waals surface area contributed by atoms with E-state index >= 15 is 0 Å². The Morgan fingerprint density at radius 1 is 1.33 bits per heavy atom. The number of ether oxygens (including phenoxy) is 1. The molecular formula is C9H17NO2. The topological polar surface area (TPSA) is 44.5 Å². The molecule has 1 aliphatic carbocycles. The molecule has 1 saturated heterocycles. The van der Waals surface area contributed by atoms with Crippen LogP contribution in [0, 0.1) is 10.8 Å². The summed E-state index contributed by atoms with van der Waals surface area (Å²) >= 11 is 0. The van der Waals surface area contributed by atoms with Crippen LogP contribution in [0.3, 0.4) is 0 Å². The molecule has 2 aliphatic rings. The van der Waals surface area contributed by atoms with Crippen molar-refractivity contribution < 1.29 is 9.57 Å². The fourth-order valence-corrected chi connectivity index (χ4v) is 2.37. The second-order valence-corrected chi connectivity index (χ2v) is 4.22. The number of hydrogen-bond acceptors (Lipinski definition) is 3. The van der Waals surface area contributed by atoms with E-state index in [2.05, 4.69) is 6.92 Å². The van der Waals surface area contributed by atoms with Gasteiger partial charge in [-0.15, -0.1) is 0 Å². The molecule has 0 amide bonds. The second kappa shape index (κ2) is 2.69. The molecule has 0 unspecified atom stereocenters. The monoisotopic (exact) mass is 171 g/mol. The Kier molecular flexibility index (Phi) is 1.90. The van der Waals surface area contributed by atoms with Crippen molar-refractivity contribution >= 4 is 0 Å². The molecule has 0 bridgehead atoms. The van der Waals surface area contributed by atoms with E-state index in [-0.39, 0.29) is 0 Å². The van der Waals surface area contributed by atoms with Gasteiger partial charge in [0, 0.05) is 10.8 Å². The summed E-state index contributed by atoms with van der Waals surface area (Å²) in [5, 5.41) is 0. The summed E-state index contributed by atoms with van der Waals surface area (Å²) < 4.78 is 5.31. The molecule has 12 heavy (non-hydrogen) atoms. The minimum atomic E-state index is 0.370. The van der Waals surface area contributed by atoms with Gasteiger partial charge >= 0.3 is 0 Å². The van der Waals surface area contributed by atoms with Crippen molar-refractivity contribution in [2.45, 2.75) is 26.2 Å². The van der Waals surface area contributed by atoms with Gasteiger partial charge in [0.2, 0.25) is 0 Å². The van der Waals surface area contributed by atoms with Gasteiger partial charge in [0.15, 0.2) is 0 Å². The molecule has 0 aromatic carbocycles. The van der Waals surface area contributed by atoms with Crippen LogP contribution in [0.1, 0.15) is 26.2 Å². The third kappa shape index (κ3) is 0.934. The van der Waals surface area contributed by atoms with E-state index in [1.165, 1.54) is 19.3 Å². The van der Waals surface area contributed by atoms with Gasteiger partial charge in [0.05, 0.1) is 19.8 Å². The summed E-state index contributed by atoms with van der Waals surface area (Å²) in [7, 11) is 0. The van der Waals surface area contributed by atoms with Crippen molar-refractivity contribution in [1.82, 2.24) is 0 Å². The smallest absolute Gasteiger partial charge is 0.0742 e. The predicted molar refractivity (Wildman–Crippen MR) is 45.3 cm³/mol. The zero-order chi connectivity index (χ0) is 8.66. The largest absolute Gasteiger partial charge is 0.380 e. The van der Waals surface area contributed by atoms with Crippen molar-refractivity contribution in [3.8, 4) is 0 Å². The molecule has 2 N–H and O–H groups in total. The minimum absolute atomic E-state index is 0.370. The molecule has 1 heterocycles. The van der Waals surface area contributed by atoms with Crippen LogP contribution in [-0.2, 0) is 9.57 Å². The summed E-state index contributed by atoms with van der Waals surface area (Å²) in [6.45, 7) is 4.77. The van der Waals surface area contributed by atoms with E-state index in [4.69, 9.17) is 15.5 Å². The Morgan fingerprint density at radius 2 is 2.00 bits per heavy atom. The zero-order valence-electron chi connectivity index (χ0n) is 7.64. The zero-order valence-corrected chi connectivity index (χ0v) is 7.64. The maximum Gasteiger partial charge on any atom is 0.0742 e. The second-order valence-electron chi connectivity index (χ2n) is 4.22. The molecular weight excluding hydrogens is 154 g/mol. The molecule has 2 fully saturated rings. The van der Waals surface area contributed by atoms with Crippen molar-refractivity contribution in [2.24, 2.45) is 16.7 Å². The van der Waals surface area contributed by atoms with Gasteiger partial charge in [-0.25, -0.2) is 5.90 Å². The Hall–Kier alpha value is -0.120. The van der Waals surface area contributed by atoms with Crippen molar-refractivity contribution in [1.29, 1.82) is 0 Å². The van der Waals surface area contributed by atoms with Gasteiger partial charge in [0.25, 0.3) is 0 Å². The molecule has 3 nitrogen and oxygen atoms in total. The highest BCUT2D eigenvalue weighted by atomic mass is 16.6. The van der Waals surface area contributed by atoms with E-state index in [0.717, 1.165) is 13.2 Å². The Bertz CT molecular complexity index is 168.